The summed E-state index contributed by atoms with van der Waals surface area (Å²) in [6, 6.07) is 20.0. The van der Waals surface area contributed by atoms with E-state index >= 15 is 0 Å². The Hall–Kier alpha value is -3.51. The number of para-hydroxylation sites is 1. The molecule has 1 aromatic heterocycles. The lowest BCUT2D eigenvalue weighted by Gasteiger charge is -2.24. The number of hydrogen-bond donors (Lipinski definition) is 1. The lowest BCUT2D eigenvalue weighted by atomic mass is 10.1. The van der Waals surface area contributed by atoms with Crippen LogP contribution < -0.4 is 14.8 Å². The molecule has 172 valence electrons. The maximum absolute atomic E-state index is 13.0. The van der Waals surface area contributed by atoms with Crippen molar-refractivity contribution in [1.82, 2.24) is 9.47 Å². The number of aryl methyl sites for hydroxylation is 1. The number of amides is 1. The number of methoxy groups -OCH3 is 2. The fraction of sp³-hybridized carbons (Fsp3) is 0.296. The molecule has 0 unspecified atom stereocenters. The maximum atomic E-state index is 13.0. The molecule has 0 fully saturated rings. The van der Waals surface area contributed by atoms with Gasteiger partial charge in [-0.3, -0.25) is 9.69 Å². The molecule has 1 amide bonds. The van der Waals surface area contributed by atoms with Crippen LogP contribution in [0, 0.1) is 0 Å². The van der Waals surface area contributed by atoms with E-state index in [1.165, 1.54) is 16.4 Å². The number of fused-ring (bicyclic) bond motifs is 3. The lowest BCUT2D eigenvalue weighted by molar-refractivity contribution is -0.120. The first kappa shape index (κ1) is 22.7. The van der Waals surface area contributed by atoms with Crippen molar-refractivity contribution in [2.75, 3.05) is 26.6 Å². The van der Waals surface area contributed by atoms with Crippen LogP contribution in [0.2, 0.25) is 0 Å². The van der Waals surface area contributed by atoms with Gasteiger partial charge in [-0.25, -0.2) is 0 Å². The molecule has 1 heterocycles. The number of nitrogens with one attached hydrogen (secondary N) is 1. The van der Waals surface area contributed by atoms with Gasteiger partial charge in [0.25, 0.3) is 0 Å². The molecule has 0 saturated heterocycles. The third-order valence-electron chi connectivity index (χ3n) is 6.28. The summed E-state index contributed by atoms with van der Waals surface area (Å²) < 4.78 is 13.0. The summed E-state index contributed by atoms with van der Waals surface area (Å²) in [5.74, 6) is 1.33. The van der Waals surface area contributed by atoms with Crippen molar-refractivity contribution in [1.29, 1.82) is 0 Å². The minimum atomic E-state index is -0.314. The standard InChI is InChI=1S/C27H31N3O3/c1-6-30-23-10-8-7-9-21(23)22-16-20(12-13-24(22)30)28-27(31)18(2)29(3)17-19-11-14-25(32-4)26(15-19)33-5/h7-16,18H,6,17H2,1-5H3,(H,28,31)/t18-/m0/s1. The minimum absolute atomic E-state index is 0.0449. The highest BCUT2D eigenvalue weighted by molar-refractivity contribution is 6.10. The van der Waals surface area contributed by atoms with E-state index in [9.17, 15) is 4.79 Å². The predicted octanol–water partition coefficient (Wildman–Crippen LogP) is 5.29. The Kier molecular flexibility index (Phi) is 6.56. The number of nitrogens with zero attached hydrogens (tertiary/aromatic N) is 2. The van der Waals surface area contributed by atoms with Gasteiger partial charge in [0.05, 0.1) is 20.3 Å². The Balaban J connectivity index is 1.51. The Morgan fingerprint density at radius 2 is 1.70 bits per heavy atom. The molecule has 6 heteroatoms. The van der Waals surface area contributed by atoms with Gasteiger partial charge in [-0.15, -0.1) is 0 Å². The fourth-order valence-electron chi connectivity index (χ4n) is 4.32. The van der Waals surface area contributed by atoms with Crippen molar-refractivity contribution < 1.29 is 14.3 Å². The lowest BCUT2D eigenvalue weighted by Crippen LogP contribution is -2.39. The van der Waals surface area contributed by atoms with Gasteiger partial charge in [0.2, 0.25) is 5.91 Å². The third-order valence-corrected chi connectivity index (χ3v) is 6.28. The van der Waals surface area contributed by atoms with E-state index in [0.29, 0.717) is 18.0 Å². The molecule has 4 rings (SSSR count). The van der Waals surface area contributed by atoms with Crippen LogP contribution in [0.4, 0.5) is 5.69 Å². The Labute approximate surface area is 194 Å². The van der Waals surface area contributed by atoms with Gasteiger partial charge in [0.1, 0.15) is 0 Å². The molecular formula is C27H31N3O3. The first-order valence-corrected chi connectivity index (χ1v) is 11.2. The van der Waals surface area contributed by atoms with Crippen LogP contribution in [0.25, 0.3) is 21.8 Å². The Morgan fingerprint density at radius 1 is 0.970 bits per heavy atom. The number of hydrogen-bond acceptors (Lipinski definition) is 4. The highest BCUT2D eigenvalue weighted by Gasteiger charge is 2.19. The second-order valence-electron chi connectivity index (χ2n) is 8.26. The maximum Gasteiger partial charge on any atom is 0.241 e. The molecule has 1 atom stereocenters. The summed E-state index contributed by atoms with van der Waals surface area (Å²) in [5.41, 5.74) is 4.23. The molecule has 0 aliphatic heterocycles. The summed E-state index contributed by atoms with van der Waals surface area (Å²) in [5, 5.41) is 5.45. The molecule has 33 heavy (non-hydrogen) atoms. The van der Waals surface area contributed by atoms with E-state index in [1.807, 2.05) is 43.1 Å². The summed E-state index contributed by atoms with van der Waals surface area (Å²) >= 11 is 0. The van der Waals surface area contributed by atoms with E-state index in [4.69, 9.17) is 9.47 Å². The molecule has 0 aliphatic rings. The van der Waals surface area contributed by atoms with Gasteiger partial charge in [-0.2, -0.15) is 0 Å². The SMILES string of the molecule is CCn1c2ccccc2c2cc(NC(=O)[C@H](C)N(C)Cc3ccc(OC)c(OC)c3)ccc21. The van der Waals surface area contributed by atoms with Crippen LogP contribution in [0.3, 0.4) is 0 Å². The molecular weight excluding hydrogens is 414 g/mol. The van der Waals surface area contributed by atoms with Crippen molar-refractivity contribution in [3.05, 3.63) is 66.2 Å². The van der Waals surface area contributed by atoms with E-state index < -0.39 is 0 Å². The quantitative estimate of drug-likeness (QED) is 0.400. The third kappa shape index (κ3) is 4.39. The van der Waals surface area contributed by atoms with E-state index in [-0.39, 0.29) is 11.9 Å². The van der Waals surface area contributed by atoms with Crippen molar-refractivity contribution in [3.63, 3.8) is 0 Å². The largest absolute Gasteiger partial charge is 0.493 e. The number of benzene rings is 3. The van der Waals surface area contributed by atoms with Gasteiger partial charge < -0.3 is 19.4 Å². The first-order chi connectivity index (χ1) is 16.0. The van der Waals surface area contributed by atoms with Crippen LogP contribution in [0.1, 0.15) is 19.4 Å². The van der Waals surface area contributed by atoms with Gasteiger partial charge in [0, 0.05) is 40.6 Å². The van der Waals surface area contributed by atoms with Crippen molar-refractivity contribution in [3.8, 4) is 11.5 Å². The normalized spacial score (nSPS) is 12.3. The molecule has 3 aromatic carbocycles. The summed E-state index contributed by atoms with van der Waals surface area (Å²) in [6.07, 6.45) is 0. The van der Waals surface area contributed by atoms with Gasteiger partial charge >= 0.3 is 0 Å². The number of carbonyl (C=O) groups excluding carboxylic acids is 1. The molecule has 0 aliphatic carbocycles. The summed E-state index contributed by atoms with van der Waals surface area (Å²) in [7, 11) is 5.18. The van der Waals surface area contributed by atoms with Crippen LogP contribution in [0.15, 0.2) is 60.7 Å². The average molecular weight is 446 g/mol. The smallest absolute Gasteiger partial charge is 0.241 e. The van der Waals surface area contributed by atoms with E-state index in [2.05, 4.69) is 53.2 Å². The molecule has 0 spiro atoms. The zero-order valence-electron chi connectivity index (χ0n) is 19.9. The average Bonchev–Trinajstić information content (AvgIpc) is 3.16. The molecule has 6 nitrogen and oxygen atoms in total. The number of ether oxygens (including phenoxy) is 2. The van der Waals surface area contributed by atoms with E-state index in [0.717, 1.165) is 23.2 Å². The molecule has 0 saturated carbocycles. The highest BCUT2D eigenvalue weighted by atomic mass is 16.5. The van der Waals surface area contributed by atoms with Crippen LogP contribution in [-0.2, 0) is 17.9 Å². The fourth-order valence-corrected chi connectivity index (χ4v) is 4.32. The van der Waals surface area contributed by atoms with Gasteiger partial charge in [-0.05, 0) is 62.9 Å². The molecule has 0 radical (unpaired) electrons. The van der Waals surface area contributed by atoms with E-state index in [1.54, 1.807) is 14.2 Å². The number of rotatable bonds is 8. The zero-order valence-corrected chi connectivity index (χ0v) is 19.9. The van der Waals surface area contributed by atoms with Crippen LogP contribution in [0.5, 0.6) is 11.5 Å². The van der Waals surface area contributed by atoms with Crippen LogP contribution in [-0.4, -0.2) is 42.7 Å². The van der Waals surface area contributed by atoms with Crippen LogP contribution >= 0.6 is 0 Å². The van der Waals surface area contributed by atoms with Crippen molar-refractivity contribution in [2.24, 2.45) is 0 Å². The second kappa shape index (κ2) is 9.55. The first-order valence-electron chi connectivity index (χ1n) is 11.2. The molecule has 0 bridgehead atoms. The number of carbonyl (C=O) groups is 1. The molecule has 4 aromatic rings. The Morgan fingerprint density at radius 3 is 2.42 bits per heavy atom. The van der Waals surface area contributed by atoms with Gasteiger partial charge in [0.15, 0.2) is 11.5 Å². The predicted molar refractivity (Wildman–Crippen MR) is 134 cm³/mol. The van der Waals surface area contributed by atoms with Crippen molar-refractivity contribution >= 4 is 33.4 Å². The zero-order chi connectivity index (χ0) is 23.5. The number of likely N-dealkylation sites (N-methyl/N-ethyl adjacent to an activating group) is 1. The number of anilines is 1. The Bertz CT molecular complexity index is 1290. The molecule has 1 N–H and O–H groups in total. The van der Waals surface area contributed by atoms with Gasteiger partial charge in [-0.1, -0.05) is 24.3 Å². The second-order valence-corrected chi connectivity index (χ2v) is 8.26. The minimum Gasteiger partial charge on any atom is -0.493 e. The topological polar surface area (TPSA) is 55.7 Å². The highest BCUT2D eigenvalue weighted by Crippen LogP contribution is 2.31. The number of aromatic nitrogens is 1. The summed E-state index contributed by atoms with van der Waals surface area (Å²) in [4.78, 5) is 15.0. The van der Waals surface area contributed by atoms with Crippen molar-refractivity contribution in [2.45, 2.75) is 33.0 Å². The monoisotopic (exact) mass is 445 g/mol. The summed E-state index contributed by atoms with van der Waals surface area (Å²) in [6.45, 7) is 5.57.